The van der Waals surface area contributed by atoms with E-state index >= 15 is 0 Å². The Balaban J connectivity index is 1.97. The molecule has 0 radical (unpaired) electrons. The van der Waals surface area contributed by atoms with Crippen LogP contribution in [0.4, 0.5) is 0 Å². The lowest BCUT2D eigenvalue weighted by molar-refractivity contribution is -0.192. The van der Waals surface area contributed by atoms with Crippen LogP contribution in [0.15, 0.2) is 0 Å². The van der Waals surface area contributed by atoms with E-state index in [1.165, 1.54) is 0 Å². The van der Waals surface area contributed by atoms with Gasteiger partial charge < -0.3 is 9.47 Å². The van der Waals surface area contributed by atoms with Gasteiger partial charge in [-0.3, -0.25) is 0 Å². The molecule has 0 bridgehead atoms. The van der Waals surface area contributed by atoms with Crippen molar-refractivity contribution in [1.82, 2.24) is 0 Å². The van der Waals surface area contributed by atoms with Crippen molar-refractivity contribution in [2.24, 2.45) is 5.92 Å². The zero-order valence-corrected chi connectivity index (χ0v) is 10.7. The summed E-state index contributed by atoms with van der Waals surface area (Å²) < 4.78 is 34.1. The molecule has 17 heavy (non-hydrogen) atoms. The summed E-state index contributed by atoms with van der Waals surface area (Å²) in [4.78, 5) is 0. The summed E-state index contributed by atoms with van der Waals surface area (Å²) in [6, 6.07) is 2.06. The monoisotopic (exact) mass is 259 g/mol. The zero-order chi connectivity index (χ0) is 12.5. The Labute approximate surface area is 102 Å². The minimum absolute atomic E-state index is 0.106. The van der Waals surface area contributed by atoms with Gasteiger partial charge in [0.1, 0.15) is 9.84 Å². The van der Waals surface area contributed by atoms with Gasteiger partial charge in [0.25, 0.3) is 0 Å². The Morgan fingerprint density at radius 3 is 2.65 bits per heavy atom. The van der Waals surface area contributed by atoms with Crippen LogP contribution in [-0.4, -0.2) is 38.4 Å². The maximum Gasteiger partial charge on any atom is 0.169 e. The van der Waals surface area contributed by atoms with Gasteiger partial charge in [-0.15, -0.1) is 0 Å². The molecule has 2 rings (SSSR count). The molecule has 0 aromatic rings. The highest BCUT2D eigenvalue weighted by Crippen LogP contribution is 2.38. The molecule has 2 atom stereocenters. The molecule has 0 amide bonds. The third kappa shape index (κ3) is 2.79. The van der Waals surface area contributed by atoms with Crippen molar-refractivity contribution >= 4 is 9.84 Å². The van der Waals surface area contributed by atoms with Crippen LogP contribution in [0.3, 0.4) is 0 Å². The molecule has 0 aromatic heterocycles. The first-order valence-corrected chi connectivity index (χ1v) is 7.66. The van der Waals surface area contributed by atoms with Crippen LogP contribution in [0.1, 0.15) is 26.2 Å². The first kappa shape index (κ1) is 12.8. The Morgan fingerprint density at radius 2 is 2.06 bits per heavy atom. The van der Waals surface area contributed by atoms with Gasteiger partial charge >= 0.3 is 0 Å². The first-order valence-electron chi connectivity index (χ1n) is 5.84. The van der Waals surface area contributed by atoms with E-state index in [0.717, 1.165) is 0 Å². The van der Waals surface area contributed by atoms with Crippen molar-refractivity contribution in [3.05, 3.63) is 0 Å². The Hall–Kier alpha value is -0.640. The highest BCUT2D eigenvalue weighted by molar-refractivity contribution is 7.91. The fraction of sp³-hybridized carbons (Fsp3) is 0.909. The van der Waals surface area contributed by atoms with E-state index in [4.69, 9.17) is 14.7 Å². The molecule has 2 saturated heterocycles. The molecule has 2 aliphatic rings. The van der Waals surface area contributed by atoms with Crippen molar-refractivity contribution in [1.29, 1.82) is 5.26 Å². The quantitative estimate of drug-likeness (QED) is 0.735. The van der Waals surface area contributed by atoms with Crippen molar-refractivity contribution in [2.45, 2.75) is 38.1 Å². The molecule has 2 fully saturated rings. The van der Waals surface area contributed by atoms with Crippen molar-refractivity contribution in [2.75, 3.05) is 18.1 Å². The number of rotatable bonds is 2. The first-order chi connectivity index (χ1) is 7.95. The highest BCUT2D eigenvalue weighted by atomic mass is 32.2. The minimum atomic E-state index is -2.86. The molecular formula is C11H17NO4S. The number of hydrogen-bond acceptors (Lipinski definition) is 5. The maximum absolute atomic E-state index is 11.4. The number of ether oxygens (including phenoxy) is 2. The second-order valence-electron chi connectivity index (χ2n) is 4.86. The van der Waals surface area contributed by atoms with E-state index < -0.39 is 15.6 Å². The third-order valence-electron chi connectivity index (χ3n) is 3.57. The van der Waals surface area contributed by atoms with Crippen molar-refractivity contribution in [3.8, 4) is 6.07 Å². The predicted molar refractivity (Wildman–Crippen MR) is 60.8 cm³/mol. The SMILES string of the molecule is CC1(C2CCS(=O)(=O)CC2)OCC(CC#N)O1. The van der Waals surface area contributed by atoms with E-state index in [0.29, 0.717) is 25.9 Å². The van der Waals surface area contributed by atoms with Gasteiger partial charge in [-0.05, 0) is 19.8 Å². The number of sulfone groups is 1. The van der Waals surface area contributed by atoms with Gasteiger partial charge in [-0.1, -0.05) is 0 Å². The van der Waals surface area contributed by atoms with E-state index in [1.54, 1.807) is 0 Å². The summed E-state index contributed by atoms with van der Waals surface area (Å²) >= 11 is 0. The van der Waals surface area contributed by atoms with Crippen LogP contribution < -0.4 is 0 Å². The van der Waals surface area contributed by atoms with Gasteiger partial charge in [0.05, 0.1) is 36.7 Å². The summed E-state index contributed by atoms with van der Waals surface area (Å²) in [5.41, 5.74) is 0. The van der Waals surface area contributed by atoms with E-state index in [2.05, 4.69) is 6.07 Å². The molecule has 0 spiro atoms. The van der Waals surface area contributed by atoms with Crippen LogP contribution in [0, 0.1) is 17.2 Å². The van der Waals surface area contributed by atoms with Gasteiger partial charge in [0.2, 0.25) is 0 Å². The lowest BCUT2D eigenvalue weighted by Gasteiger charge is -2.35. The molecule has 0 aromatic carbocycles. The standard InChI is InChI=1S/C11H17NO4S/c1-11(15-8-10(16-11)2-5-12)9-3-6-17(13,14)7-4-9/h9-10H,2-4,6-8H2,1H3. The zero-order valence-electron chi connectivity index (χ0n) is 9.89. The van der Waals surface area contributed by atoms with Crippen molar-refractivity contribution in [3.63, 3.8) is 0 Å². The van der Waals surface area contributed by atoms with Gasteiger partial charge in [-0.25, -0.2) is 8.42 Å². The van der Waals surface area contributed by atoms with Crippen LogP contribution in [0.5, 0.6) is 0 Å². The molecule has 2 aliphatic heterocycles. The Morgan fingerprint density at radius 1 is 1.41 bits per heavy atom. The molecule has 2 unspecified atom stereocenters. The predicted octanol–water partition coefficient (Wildman–Crippen LogP) is 0.856. The lowest BCUT2D eigenvalue weighted by Crippen LogP contribution is -2.41. The van der Waals surface area contributed by atoms with Crippen LogP contribution in [-0.2, 0) is 19.3 Å². The second-order valence-corrected chi connectivity index (χ2v) is 7.16. The summed E-state index contributed by atoms with van der Waals surface area (Å²) in [6.07, 6.45) is 1.31. The summed E-state index contributed by atoms with van der Waals surface area (Å²) in [7, 11) is -2.86. The van der Waals surface area contributed by atoms with Crippen molar-refractivity contribution < 1.29 is 17.9 Å². The van der Waals surface area contributed by atoms with E-state index in [9.17, 15) is 8.42 Å². The molecule has 0 N–H and O–H groups in total. The largest absolute Gasteiger partial charge is 0.347 e. The summed E-state index contributed by atoms with van der Waals surface area (Å²) in [5.74, 6) is -0.182. The molecule has 0 saturated carbocycles. The minimum Gasteiger partial charge on any atom is -0.347 e. The van der Waals surface area contributed by atoms with Crippen LogP contribution in [0.25, 0.3) is 0 Å². The van der Waals surface area contributed by atoms with Crippen LogP contribution >= 0.6 is 0 Å². The fourth-order valence-corrected chi connectivity index (χ4v) is 3.98. The average molecular weight is 259 g/mol. The van der Waals surface area contributed by atoms with E-state index in [1.807, 2.05) is 6.92 Å². The second kappa shape index (κ2) is 4.56. The maximum atomic E-state index is 11.4. The van der Waals surface area contributed by atoms with Gasteiger partial charge in [0, 0.05) is 5.92 Å². The topological polar surface area (TPSA) is 76.4 Å². The van der Waals surface area contributed by atoms with Crippen LogP contribution in [0.2, 0.25) is 0 Å². The molecule has 6 heteroatoms. The molecule has 2 heterocycles. The smallest absolute Gasteiger partial charge is 0.169 e. The van der Waals surface area contributed by atoms with Gasteiger partial charge in [0.15, 0.2) is 5.79 Å². The molecular weight excluding hydrogens is 242 g/mol. The molecule has 96 valence electrons. The average Bonchev–Trinajstić information content (AvgIpc) is 2.61. The Bertz CT molecular complexity index is 413. The van der Waals surface area contributed by atoms with E-state index in [-0.39, 0.29) is 23.5 Å². The molecule has 5 nitrogen and oxygen atoms in total. The lowest BCUT2D eigenvalue weighted by atomic mass is 9.94. The number of nitrogens with zero attached hydrogens (tertiary/aromatic N) is 1. The highest BCUT2D eigenvalue weighted by Gasteiger charge is 2.45. The summed E-state index contributed by atoms with van der Waals surface area (Å²) in [6.45, 7) is 2.28. The number of hydrogen-bond donors (Lipinski definition) is 0. The Kier molecular flexibility index (Phi) is 3.43. The summed E-state index contributed by atoms with van der Waals surface area (Å²) in [5, 5.41) is 8.61. The van der Waals surface area contributed by atoms with Gasteiger partial charge in [-0.2, -0.15) is 5.26 Å². The third-order valence-corrected chi connectivity index (χ3v) is 5.29. The normalized spacial score (nSPS) is 37.8. The molecule has 0 aliphatic carbocycles. The number of nitriles is 1. The fourth-order valence-electron chi connectivity index (χ4n) is 2.49.